The van der Waals surface area contributed by atoms with Crippen LogP contribution in [0.5, 0.6) is 0 Å². The van der Waals surface area contributed by atoms with Crippen LogP contribution < -0.4 is 10.6 Å². The third-order valence-corrected chi connectivity index (χ3v) is 2.42. The summed E-state index contributed by atoms with van der Waals surface area (Å²) in [6.07, 6.45) is 0.749. The molecule has 2 N–H and O–H groups in total. The minimum Gasteiger partial charge on any atom is -0.368 e. The molecule has 0 aliphatic carbocycles. The standard InChI is InChI=1S/C10H11BrN2O2/c1-13(5-10(12)15)9-4-8(11)3-2-7(9)6-14/h2-4,6H,5H2,1H3,(H2,12,15). The molecule has 0 spiro atoms. The number of hydrogen-bond donors (Lipinski definition) is 1. The Bertz CT molecular complexity index is 393. The van der Waals surface area contributed by atoms with E-state index >= 15 is 0 Å². The molecule has 0 aliphatic heterocycles. The predicted octanol–water partition coefficient (Wildman–Crippen LogP) is 1.18. The van der Waals surface area contributed by atoms with Gasteiger partial charge in [-0.2, -0.15) is 0 Å². The van der Waals surface area contributed by atoms with Crippen molar-refractivity contribution in [1.82, 2.24) is 0 Å². The predicted molar refractivity (Wildman–Crippen MR) is 62.0 cm³/mol. The lowest BCUT2D eigenvalue weighted by Gasteiger charge is -2.19. The average molecular weight is 271 g/mol. The summed E-state index contributed by atoms with van der Waals surface area (Å²) in [4.78, 5) is 23.2. The van der Waals surface area contributed by atoms with Crippen molar-refractivity contribution >= 4 is 33.8 Å². The second-order valence-electron chi connectivity index (χ2n) is 3.14. The first-order chi connectivity index (χ1) is 7.04. The van der Waals surface area contributed by atoms with Crippen LogP contribution in [0.25, 0.3) is 0 Å². The average Bonchev–Trinajstić information content (AvgIpc) is 2.16. The largest absolute Gasteiger partial charge is 0.368 e. The number of rotatable bonds is 4. The summed E-state index contributed by atoms with van der Waals surface area (Å²) in [5, 5.41) is 0. The molecule has 0 atom stereocenters. The first-order valence-corrected chi connectivity index (χ1v) is 5.08. The molecule has 1 aromatic rings. The van der Waals surface area contributed by atoms with Crippen LogP contribution in [0.2, 0.25) is 0 Å². The molecule has 0 heterocycles. The molecule has 0 fully saturated rings. The molecule has 0 saturated carbocycles. The van der Waals surface area contributed by atoms with E-state index in [4.69, 9.17) is 5.73 Å². The molecule has 0 radical (unpaired) electrons. The Labute approximate surface area is 96.2 Å². The smallest absolute Gasteiger partial charge is 0.236 e. The Morgan fingerprint density at radius 2 is 2.27 bits per heavy atom. The molecular weight excluding hydrogens is 260 g/mol. The molecule has 1 amide bonds. The Morgan fingerprint density at radius 1 is 1.60 bits per heavy atom. The van der Waals surface area contributed by atoms with Gasteiger partial charge in [-0.25, -0.2) is 0 Å². The van der Waals surface area contributed by atoms with Gasteiger partial charge in [-0.15, -0.1) is 0 Å². The van der Waals surface area contributed by atoms with Gasteiger partial charge in [-0.05, 0) is 18.2 Å². The van der Waals surface area contributed by atoms with E-state index in [1.54, 1.807) is 30.1 Å². The first-order valence-electron chi connectivity index (χ1n) is 4.28. The third-order valence-electron chi connectivity index (χ3n) is 1.92. The van der Waals surface area contributed by atoms with E-state index < -0.39 is 5.91 Å². The number of likely N-dealkylation sites (N-methyl/N-ethyl adjacent to an activating group) is 1. The van der Waals surface area contributed by atoms with Crippen LogP contribution in [-0.2, 0) is 4.79 Å². The molecule has 80 valence electrons. The summed E-state index contributed by atoms with van der Waals surface area (Å²) in [5.74, 6) is -0.436. The van der Waals surface area contributed by atoms with E-state index in [1.165, 1.54) is 0 Å². The van der Waals surface area contributed by atoms with E-state index in [2.05, 4.69) is 15.9 Å². The van der Waals surface area contributed by atoms with Crippen LogP contribution in [0, 0.1) is 0 Å². The summed E-state index contributed by atoms with van der Waals surface area (Å²) >= 11 is 3.30. The molecule has 1 rings (SSSR count). The van der Waals surface area contributed by atoms with Crippen molar-refractivity contribution in [2.75, 3.05) is 18.5 Å². The van der Waals surface area contributed by atoms with Gasteiger partial charge in [0, 0.05) is 22.8 Å². The molecule has 5 heteroatoms. The van der Waals surface area contributed by atoms with Crippen molar-refractivity contribution in [3.63, 3.8) is 0 Å². The second-order valence-corrected chi connectivity index (χ2v) is 4.06. The van der Waals surface area contributed by atoms with Crippen molar-refractivity contribution in [3.05, 3.63) is 28.2 Å². The Hall–Kier alpha value is -1.36. The normalized spacial score (nSPS) is 9.73. The Kier molecular flexibility index (Phi) is 3.85. The molecule has 0 unspecified atom stereocenters. The van der Waals surface area contributed by atoms with Crippen molar-refractivity contribution < 1.29 is 9.59 Å². The van der Waals surface area contributed by atoms with Gasteiger partial charge in [0.2, 0.25) is 5.91 Å². The highest BCUT2D eigenvalue weighted by Gasteiger charge is 2.09. The quantitative estimate of drug-likeness (QED) is 0.836. The summed E-state index contributed by atoms with van der Waals surface area (Å²) in [6, 6.07) is 5.22. The van der Waals surface area contributed by atoms with Gasteiger partial charge in [-0.1, -0.05) is 15.9 Å². The highest BCUT2D eigenvalue weighted by molar-refractivity contribution is 9.10. The summed E-state index contributed by atoms with van der Waals surface area (Å²) < 4.78 is 0.847. The SMILES string of the molecule is CN(CC(N)=O)c1cc(Br)ccc1C=O. The van der Waals surface area contributed by atoms with Gasteiger partial charge in [0.15, 0.2) is 6.29 Å². The summed E-state index contributed by atoms with van der Waals surface area (Å²) in [5.41, 5.74) is 6.29. The summed E-state index contributed by atoms with van der Waals surface area (Å²) in [6.45, 7) is 0.0806. The number of hydrogen-bond acceptors (Lipinski definition) is 3. The minimum atomic E-state index is -0.436. The van der Waals surface area contributed by atoms with E-state index in [1.807, 2.05) is 0 Å². The van der Waals surface area contributed by atoms with E-state index in [0.29, 0.717) is 11.3 Å². The van der Waals surface area contributed by atoms with Gasteiger partial charge in [0.05, 0.1) is 6.54 Å². The fraction of sp³-hybridized carbons (Fsp3) is 0.200. The van der Waals surface area contributed by atoms with Crippen LogP contribution in [0.3, 0.4) is 0 Å². The van der Waals surface area contributed by atoms with Gasteiger partial charge < -0.3 is 10.6 Å². The number of anilines is 1. The number of primary amides is 1. The second kappa shape index (κ2) is 4.93. The minimum absolute atomic E-state index is 0.0806. The molecule has 0 saturated heterocycles. The van der Waals surface area contributed by atoms with Crippen molar-refractivity contribution in [3.8, 4) is 0 Å². The lowest BCUT2D eigenvalue weighted by Crippen LogP contribution is -2.31. The molecular formula is C10H11BrN2O2. The zero-order chi connectivity index (χ0) is 11.4. The molecule has 0 bridgehead atoms. The maximum atomic E-state index is 10.8. The zero-order valence-corrected chi connectivity index (χ0v) is 9.82. The highest BCUT2D eigenvalue weighted by atomic mass is 79.9. The number of aldehydes is 1. The van der Waals surface area contributed by atoms with E-state index in [9.17, 15) is 9.59 Å². The molecule has 4 nitrogen and oxygen atoms in total. The third kappa shape index (κ3) is 3.06. The highest BCUT2D eigenvalue weighted by Crippen LogP contribution is 2.22. The first kappa shape index (κ1) is 11.7. The Balaban J connectivity index is 3.04. The maximum Gasteiger partial charge on any atom is 0.236 e. The number of nitrogens with zero attached hydrogens (tertiary/aromatic N) is 1. The fourth-order valence-electron chi connectivity index (χ4n) is 1.27. The number of carbonyl (C=O) groups excluding carboxylic acids is 2. The van der Waals surface area contributed by atoms with Gasteiger partial charge in [0.1, 0.15) is 0 Å². The Morgan fingerprint density at radius 3 is 2.80 bits per heavy atom. The number of halogens is 1. The van der Waals surface area contributed by atoms with Gasteiger partial charge >= 0.3 is 0 Å². The molecule has 0 aromatic heterocycles. The topological polar surface area (TPSA) is 63.4 Å². The van der Waals surface area contributed by atoms with E-state index in [-0.39, 0.29) is 6.54 Å². The van der Waals surface area contributed by atoms with Crippen LogP contribution in [0.15, 0.2) is 22.7 Å². The van der Waals surface area contributed by atoms with Crippen LogP contribution >= 0.6 is 15.9 Å². The molecule has 0 aliphatic rings. The van der Waals surface area contributed by atoms with Crippen molar-refractivity contribution in [2.45, 2.75) is 0 Å². The van der Waals surface area contributed by atoms with Crippen LogP contribution in [0.1, 0.15) is 10.4 Å². The molecule has 1 aromatic carbocycles. The van der Waals surface area contributed by atoms with Gasteiger partial charge in [0.25, 0.3) is 0 Å². The number of nitrogens with two attached hydrogens (primary N) is 1. The van der Waals surface area contributed by atoms with Crippen molar-refractivity contribution in [2.24, 2.45) is 5.73 Å². The number of benzene rings is 1. The maximum absolute atomic E-state index is 10.8. The van der Waals surface area contributed by atoms with Crippen LogP contribution in [0.4, 0.5) is 5.69 Å². The number of carbonyl (C=O) groups is 2. The van der Waals surface area contributed by atoms with Crippen molar-refractivity contribution in [1.29, 1.82) is 0 Å². The number of amides is 1. The summed E-state index contributed by atoms with van der Waals surface area (Å²) in [7, 11) is 1.71. The zero-order valence-electron chi connectivity index (χ0n) is 8.24. The monoisotopic (exact) mass is 270 g/mol. The molecule has 15 heavy (non-hydrogen) atoms. The van der Waals surface area contributed by atoms with E-state index in [0.717, 1.165) is 10.8 Å². The lowest BCUT2D eigenvalue weighted by atomic mass is 10.2. The van der Waals surface area contributed by atoms with Gasteiger partial charge in [-0.3, -0.25) is 9.59 Å². The lowest BCUT2D eigenvalue weighted by molar-refractivity contribution is -0.116. The van der Waals surface area contributed by atoms with Crippen LogP contribution in [-0.4, -0.2) is 25.8 Å². The fourth-order valence-corrected chi connectivity index (χ4v) is 1.61.